The van der Waals surface area contributed by atoms with E-state index in [4.69, 9.17) is 9.15 Å². The highest BCUT2D eigenvalue weighted by molar-refractivity contribution is 5.95. The number of benzene rings is 2. The topological polar surface area (TPSA) is 64.7 Å². The van der Waals surface area contributed by atoms with Crippen molar-refractivity contribution in [3.8, 4) is 5.75 Å². The number of carbonyl (C=O) groups excluding carboxylic acids is 1. The van der Waals surface area contributed by atoms with Gasteiger partial charge in [-0.15, -0.1) is 0 Å². The average molecular weight is 338 g/mol. The van der Waals surface area contributed by atoms with Gasteiger partial charge in [-0.1, -0.05) is 12.1 Å². The Kier molecular flexibility index (Phi) is 3.80. The molecule has 2 heterocycles. The molecule has 0 atom stereocenters. The summed E-state index contributed by atoms with van der Waals surface area (Å²) in [5.74, 6) is 0.367. The van der Waals surface area contributed by atoms with E-state index < -0.39 is 5.76 Å². The largest absolute Gasteiger partial charge is 0.497 e. The second-order valence-electron chi connectivity index (χ2n) is 6.03. The summed E-state index contributed by atoms with van der Waals surface area (Å²) in [5.41, 5.74) is 3.29. The molecule has 4 rings (SSSR count). The number of ether oxygens (including phenoxy) is 1. The van der Waals surface area contributed by atoms with Gasteiger partial charge in [-0.2, -0.15) is 0 Å². The van der Waals surface area contributed by atoms with Crippen LogP contribution in [0.15, 0.2) is 51.7 Å². The molecule has 1 aliphatic rings. The van der Waals surface area contributed by atoms with Gasteiger partial charge in [-0.05, 0) is 42.3 Å². The summed E-state index contributed by atoms with van der Waals surface area (Å²) >= 11 is 0. The van der Waals surface area contributed by atoms with Gasteiger partial charge in [-0.25, -0.2) is 4.79 Å². The molecule has 1 amide bonds. The maximum absolute atomic E-state index is 12.7. The zero-order valence-corrected chi connectivity index (χ0v) is 13.9. The van der Waals surface area contributed by atoms with Crippen molar-refractivity contribution in [2.75, 3.05) is 18.6 Å². The molecule has 0 saturated heterocycles. The van der Waals surface area contributed by atoms with Crippen LogP contribution in [0.25, 0.3) is 11.1 Å². The SMILES string of the molecule is COc1ccc2c(c1)CCN2C(=O)CCn1c(=O)oc2ccccc21. The molecule has 0 aliphatic carbocycles. The molecule has 2 aromatic carbocycles. The minimum atomic E-state index is -0.430. The Balaban J connectivity index is 1.52. The third-order valence-corrected chi connectivity index (χ3v) is 4.61. The predicted molar refractivity (Wildman–Crippen MR) is 94.1 cm³/mol. The van der Waals surface area contributed by atoms with Crippen LogP contribution in [0.5, 0.6) is 5.75 Å². The van der Waals surface area contributed by atoms with Crippen molar-refractivity contribution in [1.29, 1.82) is 0 Å². The summed E-state index contributed by atoms with van der Waals surface area (Å²) < 4.78 is 12.0. The zero-order chi connectivity index (χ0) is 17.4. The molecule has 0 spiro atoms. The van der Waals surface area contributed by atoms with E-state index in [-0.39, 0.29) is 12.3 Å². The van der Waals surface area contributed by atoms with Gasteiger partial charge in [-0.3, -0.25) is 9.36 Å². The standard InChI is InChI=1S/C19H18N2O4/c1-24-14-6-7-15-13(12-14)8-10-20(15)18(22)9-11-21-16-4-2-3-5-17(16)25-19(21)23/h2-7,12H,8-11H2,1H3. The quantitative estimate of drug-likeness (QED) is 0.733. The summed E-state index contributed by atoms with van der Waals surface area (Å²) in [6, 6.07) is 13.0. The lowest BCUT2D eigenvalue weighted by Gasteiger charge is -2.17. The summed E-state index contributed by atoms with van der Waals surface area (Å²) in [5, 5.41) is 0. The number of hydrogen-bond acceptors (Lipinski definition) is 4. The molecule has 128 valence electrons. The van der Waals surface area contributed by atoms with Gasteiger partial charge in [0.1, 0.15) is 5.75 Å². The van der Waals surface area contributed by atoms with Crippen LogP contribution in [0.3, 0.4) is 0 Å². The van der Waals surface area contributed by atoms with E-state index in [2.05, 4.69) is 0 Å². The molecule has 0 bridgehead atoms. The molecule has 0 radical (unpaired) electrons. The van der Waals surface area contributed by atoms with Crippen LogP contribution in [0.1, 0.15) is 12.0 Å². The Hall–Kier alpha value is -3.02. The fraction of sp³-hybridized carbons (Fsp3) is 0.263. The predicted octanol–water partition coefficient (Wildman–Crippen LogP) is 2.58. The van der Waals surface area contributed by atoms with Gasteiger partial charge in [0, 0.05) is 25.2 Å². The number of carbonyl (C=O) groups is 1. The monoisotopic (exact) mass is 338 g/mol. The molecular formula is C19H18N2O4. The Morgan fingerprint density at radius 3 is 2.92 bits per heavy atom. The van der Waals surface area contributed by atoms with E-state index in [1.54, 1.807) is 18.1 Å². The number of anilines is 1. The van der Waals surface area contributed by atoms with E-state index in [1.807, 2.05) is 36.4 Å². The molecule has 0 unspecified atom stereocenters. The van der Waals surface area contributed by atoms with E-state index in [0.29, 0.717) is 24.2 Å². The van der Waals surface area contributed by atoms with Crippen molar-refractivity contribution in [2.24, 2.45) is 0 Å². The zero-order valence-electron chi connectivity index (χ0n) is 13.9. The maximum Gasteiger partial charge on any atom is 0.419 e. The maximum atomic E-state index is 12.7. The Morgan fingerprint density at radius 1 is 1.24 bits per heavy atom. The first-order valence-electron chi connectivity index (χ1n) is 8.23. The highest BCUT2D eigenvalue weighted by atomic mass is 16.5. The van der Waals surface area contributed by atoms with Crippen LogP contribution in [0.2, 0.25) is 0 Å². The first-order chi connectivity index (χ1) is 12.2. The fourth-order valence-electron chi connectivity index (χ4n) is 3.33. The second kappa shape index (κ2) is 6.12. The van der Waals surface area contributed by atoms with Gasteiger partial charge in [0.15, 0.2) is 5.58 Å². The lowest BCUT2D eigenvalue weighted by molar-refractivity contribution is -0.118. The van der Waals surface area contributed by atoms with Gasteiger partial charge in [0.25, 0.3) is 0 Å². The molecule has 25 heavy (non-hydrogen) atoms. The van der Waals surface area contributed by atoms with Crippen molar-refractivity contribution in [3.05, 3.63) is 58.6 Å². The lowest BCUT2D eigenvalue weighted by Crippen LogP contribution is -2.30. The Bertz CT molecular complexity index is 1000. The number of para-hydroxylation sites is 2. The van der Waals surface area contributed by atoms with Crippen molar-refractivity contribution in [3.63, 3.8) is 0 Å². The molecule has 3 aromatic rings. The highest BCUT2D eigenvalue weighted by Crippen LogP contribution is 2.31. The van der Waals surface area contributed by atoms with Gasteiger partial charge >= 0.3 is 5.76 Å². The van der Waals surface area contributed by atoms with E-state index >= 15 is 0 Å². The number of nitrogens with zero attached hydrogens (tertiary/aromatic N) is 2. The number of fused-ring (bicyclic) bond motifs is 2. The summed E-state index contributed by atoms with van der Waals surface area (Å²) in [6.07, 6.45) is 1.06. The van der Waals surface area contributed by atoms with Gasteiger partial charge < -0.3 is 14.1 Å². The van der Waals surface area contributed by atoms with Crippen LogP contribution in [-0.4, -0.2) is 24.1 Å². The molecular weight excluding hydrogens is 320 g/mol. The van der Waals surface area contributed by atoms with E-state index in [0.717, 1.165) is 23.4 Å². The smallest absolute Gasteiger partial charge is 0.419 e. The average Bonchev–Trinajstić information content (AvgIpc) is 3.19. The lowest BCUT2D eigenvalue weighted by atomic mass is 10.1. The third kappa shape index (κ3) is 2.69. The van der Waals surface area contributed by atoms with Gasteiger partial charge in [0.05, 0.1) is 12.6 Å². The van der Waals surface area contributed by atoms with Crippen molar-refractivity contribution in [1.82, 2.24) is 4.57 Å². The Labute approximate surface area is 144 Å². The number of rotatable bonds is 4. The van der Waals surface area contributed by atoms with Crippen LogP contribution < -0.4 is 15.4 Å². The summed E-state index contributed by atoms with van der Waals surface area (Å²) in [4.78, 5) is 26.4. The molecule has 1 aliphatic heterocycles. The summed E-state index contributed by atoms with van der Waals surface area (Å²) in [7, 11) is 1.63. The first kappa shape index (κ1) is 15.5. The highest BCUT2D eigenvalue weighted by Gasteiger charge is 2.25. The molecule has 1 aromatic heterocycles. The second-order valence-corrected chi connectivity index (χ2v) is 6.03. The Morgan fingerprint density at radius 2 is 2.08 bits per heavy atom. The molecule has 0 fully saturated rings. The number of oxazole rings is 1. The minimum absolute atomic E-state index is 0.00102. The van der Waals surface area contributed by atoms with Crippen molar-refractivity contribution in [2.45, 2.75) is 19.4 Å². The first-order valence-corrected chi connectivity index (χ1v) is 8.23. The molecule has 0 saturated carbocycles. The minimum Gasteiger partial charge on any atom is -0.497 e. The van der Waals surface area contributed by atoms with Crippen LogP contribution in [0.4, 0.5) is 5.69 Å². The van der Waals surface area contributed by atoms with Crippen LogP contribution >= 0.6 is 0 Å². The van der Waals surface area contributed by atoms with Crippen molar-refractivity contribution >= 4 is 22.7 Å². The fourth-order valence-corrected chi connectivity index (χ4v) is 3.33. The third-order valence-electron chi connectivity index (χ3n) is 4.61. The number of aromatic nitrogens is 1. The molecule has 6 heteroatoms. The van der Waals surface area contributed by atoms with Crippen molar-refractivity contribution < 1.29 is 13.9 Å². The molecule has 6 nitrogen and oxygen atoms in total. The number of amides is 1. The normalized spacial score (nSPS) is 13.2. The number of methoxy groups -OCH3 is 1. The van der Waals surface area contributed by atoms with E-state index in [1.165, 1.54) is 4.57 Å². The van der Waals surface area contributed by atoms with Crippen LogP contribution in [-0.2, 0) is 17.8 Å². The van der Waals surface area contributed by atoms with E-state index in [9.17, 15) is 9.59 Å². The molecule has 0 N–H and O–H groups in total. The number of hydrogen-bond donors (Lipinski definition) is 0. The van der Waals surface area contributed by atoms with Crippen LogP contribution in [0, 0.1) is 0 Å². The van der Waals surface area contributed by atoms with Gasteiger partial charge in [0.2, 0.25) is 5.91 Å². The number of aryl methyl sites for hydroxylation is 1. The summed E-state index contributed by atoms with van der Waals surface area (Å²) in [6.45, 7) is 0.957.